The van der Waals surface area contributed by atoms with Crippen LogP contribution in [0.3, 0.4) is 0 Å². The summed E-state index contributed by atoms with van der Waals surface area (Å²) in [6.07, 6.45) is 2.47. The van der Waals surface area contributed by atoms with E-state index in [4.69, 9.17) is 4.98 Å². The lowest BCUT2D eigenvalue weighted by Crippen LogP contribution is -2.37. The summed E-state index contributed by atoms with van der Waals surface area (Å²) in [5.41, 5.74) is 0.446. The minimum Gasteiger partial charge on any atom is -0.321 e. The molecule has 0 N–H and O–H groups in total. The van der Waals surface area contributed by atoms with Crippen LogP contribution in [0.1, 0.15) is 39.4 Å². The van der Waals surface area contributed by atoms with Gasteiger partial charge in [0.05, 0.1) is 6.54 Å². The lowest BCUT2D eigenvalue weighted by Gasteiger charge is -2.30. The molecule has 3 rings (SSSR count). The van der Waals surface area contributed by atoms with Gasteiger partial charge in [0.15, 0.2) is 11.2 Å². The van der Waals surface area contributed by atoms with Crippen molar-refractivity contribution < 1.29 is 0 Å². The van der Waals surface area contributed by atoms with Gasteiger partial charge in [0, 0.05) is 27.2 Å². The molecule has 138 valence electrons. The number of aryl methyl sites for hydroxylation is 1. The van der Waals surface area contributed by atoms with Crippen LogP contribution in [0.5, 0.6) is 0 Å². The molecule has 1 aliphatic rings. The molecule has 0 bridgehead atoms. The van der Waals surface area contributed by atoms with E-state index in [-0.39, 0.29) is 11.2 Å². The van der Waals surface area contributed by atoms with Crippen molar-refractivity contribution in [1.82, 2.24) is 23.6 Å². The molecule has 7 nitrogen and oxygen atoms in total. The number of nitrogens with zero attached hydrogens (tertiary/aromatic N) is 5. The summed E-state index contributed by atoms with van der Waals surface area (Å²) in [4.78, 5) is 32.1. The van der Waals surface area contributed by atoms with Crippen LogP contribution in [0.2, 0.25) is 0 Å². The zero-order valence-corrected chi connectivity index (χ0v) is 15.9. The van der Waals surface area contributed by atoms with Gasteiger partial charge in [-0.1, -0.05) is 20.8 Å². The summed E-state index contributed by atoms with van der Waals surface area (Å²) in [7, 11) is 3.21. The van der Waals surface area contributed by atoms with Gasteiger partial charge in [-0.2, -0.15) is 0 Å². The second kappa shape index (κ2) is 6.78. The average molecular weight is 347 g/mol. The molecule has 0 amide bonds. The van der Waals surface area contributed by atoms with E-state index in [1.54, 1.807) is 7.05 Å². The minimum absolute atomic E-state index is 0.260. The van der Waals surface area contributed by atoms with Gasteiger partial charge >= 0.3 is 5.69 Å². The van der Waals surface area contributed by atoms with Crippen molar-refractivity contribution >= 4 is 11.2 Å². The molecular formula is C18H29N5O2. The normalized spacial score (nSPS) is 19.2. The highest BCUT2D eigenvalue weighted by atomic mass is 16.2. The number of imidazole rings is 1. The third kappa shape index (κ3) is 3.29. The molecule has 1 unspecified atom stereocenters. The van der Waals surface area contributed by atoms with Crippen LogP contribution < -0.4 is 11.2 Å². The van der Waals surface area contributed by atoms with Gasteiger partial charge in [0.1, 0.15) is 5.82 Å². The van der Waals surface area contributed by atoms with Crippen molar-refractivity contribution in [2.75, 3.05) is 13.1 Å². The molecule has 1 saturated heterocycles. The molecule has 1 atom stereocenters. The first kappa shape index (κ1) is 17.9. The third-order valence-electron chi connectivity index (χ3n) is 5.08. The smallest absolute Gasteiger partial charge is 0.321 e. The highest BCUT2D eigenvalue weighted by Gasteiger charge is 2.23. The maximum absolute atomic E-state index is 12.7. The van der Waals surface area contributed by atoms with E-state index < -0.39 is 0 Å². The highest BCUT2D eigenvalue weighted by Crippen LogP contribution is 2.20. The van der Waals surface area contributed by atoms with E-state index in [1.165, 1.54) is 29.0 Å². The fraction of sp³-hybridized carbons (Fsp3) is 0.722. The van der Waals surface area contributed by atoms with E-state index in [9.17, 15) is 9.59 Å². The molecule has 2 aromatic heterocycles. The summed E-state index contributed by atoms with van der Waals surface area (Å²) in [5, 5.41) is 0. The van der Waals surface area contributed by atoms with Crippen LogP contribution in [-0.2, 0) is 27.2 Å². The quantitative estimate of drug-likeness (QED) is 0.837. The average Bonchev–Trinajstić information content (AvgIpc) is 2.89. The topological polar surface area (TPSA) is 65.1 Å². The fourth-order valence-electron chi connectivity index (χ4n) is 3.80. The molecule has 0 saturated carbocycles. The van der Waals surface area contributed by atoms with Crippen LogP contribution >= 0.6 is 0 Å². The second-order valence-electron chi connectivity index (χ2n) is 7.89. The first-order valence-corrected chi connectivity index (χ1v) is 9.17. The molecule has 25 heavy (non-hydrogen) atoms. The van der Waals surface area contributed by atoms with Crippen LogP contribution in [0.4, 0.5) is 0 Å². The third-order valence-corrected chi connectivity index (χ3v) is 5.08. The van der Waals surface area contributed by atoms with Crippen molar-refractivity contribution in [3.8, 4) is 0 Å². The highest BCUT2D eigenvalue weighted by molar-refractivity contribution is 5.71. The Kier molecular flexibility index (Phi) is 4.86. The maximum atomic E-state index is 12.7. The Balaban J connectivity index is 2.14. The van der Waals surface area contributed by atoms with Gasteiger partial charge in [-0.3, -0.25) is 18.8 Å². The predicted octanol–water partition coefficient (Wildman–Crippen LogP) is 1.32. The Morgan fingerprint density at radius 3 is 2.56 bits per heavy atom. The van der Waals surface area contributed by atoms with E-state index in [2.05, 4.69) is 25.7 Å². The lowest BCUT2D eigenvalue weighted by molar-refractivity contribution is 0.170. The molecular weight excluding hydrogens is 318 g/mol. The summed E-state index contributed by atoms with van der Waals surface area (Å²) in [5.74, 6) is 1.96. The standard InChI is InChI=1S/C18H29N5O2/c1-12(2)9-23-14(11-22-8-6-7-13(3)10-22)19-16-15(23)17(24)21(5)18(25)20(16)4/h12-13H,6-11H2,1-5H3. The fourth-order valence-corrected chi connectivity index (χ4v) is 3.80. The van der Waals surface area contributed by atoms with E-state index in [1.807, 2.05) is 4.57 Å². The van der Waals surface area contributed by atoms with E-state index in [0.717, 1.165) is 32.0 Å². The van der Waals surface area contributed by atoms with Crippen LogP contribution in [0.15, 0.2) is 9.59 Å². The molecule has 0 aromatic carbocycles. The van der Waals surface area contributed by atoms with E-state index in [0.29, 0.717) is 23.0 Å². The van der Waals surface area contributed by atoms with Gasteiger partial charge in [-0.15, -0.1) is 0 Å². The van der Waals surface area contributed by atoms with Crippen molar-refractivity contribution in [2.24, 2.45) is 25.9 Å². The van der Waals surface area contributed by atoms with Gasteiger partial charge < -0.3 is 4.57 Å². The van der Waals surface area contributed by atoms with Crippen LogP contribution in [0.25, 0.3) is 11.2 Å². The molecule has 1 aliphatic heterocycles. The van der Waals surface area contributed by atoms with Crippen LogP contribution in [-0.4, -0.2) is 36.7 Å². The Morgan fingerprint density at radius 2 is 1.92 bits per heavy atom. The van der Waals surface area contributed by atoms with Crippen molar-refractivity contribution in [3.63, 3.8) is 0 Å². The summed E-state index contributed by atoms with van der Waals surface area (Å²) in [6.45, 7) is 10.1. The first-order valence-electron chi connectivity index (χ1n) is 9.17. The molecule has 2 aromatic rings. The molecule has 7 heteroatoms. The Bertz CT molecular complexity index is 889. The number of aromatic nitrogens is 4. The minimum atomic E-state index is -0.329. The van der Waals surface area contributed by atoms with Gasteiger partial charge in [-0.25, -0.2) is 9.78 Å². The predicted molar refractivity (Wildman–Crippen MR) is 98.7 cm³/mol. The zero-order chi connectivity index (χ0) is 18.3. The Morgan fingerprint density at radius 1 is 1.20 bits per heavy atom. The molecule has 1 fully saturated rings. The summed E-state index contributed by atoms with van der Waals surface area (Å²) >= 11 is 0. The van der Waals surface area contributed by atoms with E-state index >= 15 is 0 Å². The second-order valence-corrected chi connectivity index (χ2v) is 7.89. The summed E-state index contributed by atoms with van der Waals surface area (Å²) in [6, 6.07) is 0. The zero-order valence-electron chi connectivity index (χ0n) is 15.9. The number of hydrogen-bond acceptors (Lipinski definition) is 4. The number of piperidine rings is 1. The molecule has 0 aliphatic carbocycles. The lowest BCUT2D eigenvalue weighted by atomic mass is 10.0. The van der Waals surface area contributed by atoms with Crippen molar-refractivity contribution in [1.29, 1.82) is 0 Å². The Hall–Kier alpha value is -1.89. The maximum Gasteiger partial charge on any atom is 0.332 e. The SMILES string of the molecule is CC(C)Cn1c(CN2CCCC(C)C2)nc2c1c(=O)n(C)c(=O)n2C. The summed E-state index contributed by atoms with van der Waals surface area (Å²) < 4.78 is 4.69. The molecule has 0 spiro atoms. The van der Waals surface area contributed by atoms with Gasteiger partial charge in [0.2, 0.25) is 0 Å². The monoisotopic (exact) mass is 347 g/mol. The van der Waals surface area contributed by atoms with Crippen molar-refractivity contribution in [2.45, 2.75) is 46.7 Å². The molecule has 3 heterocycles. The number of hydrogen-bond donors (Lipinski definition) is 0. The van der Waals surface area contributed by atoms with Gasteiger partial charge in [-0.05, 0) is 31.2 Å². The number of rotatable bonds is 4. The Labute approximate surface area is 147 Å². The van der Waals surface area contributed by atoms with Crippen LogP contribution in [0, 0.1) is 11.8 Å². The van der Waals surface area contributed by atoms with Gasteiger partial charge in [0.25, 0.3) is 5.56 Å². The van der Waals surface area contributed by atoms with Crippen molar-refractivity contribution in [3.05, 3.63) is 26.7 Å². The first-order chi connectivity index (χ1) is 11.8. The number of likely N-dealkylation sites (tertiary alicyclic amines) is 1. The largest absolute Gasteiger partial charge is 0.332 e. The molecule has 0 radical (unpaired) electrons. The number of fused-ring (bicyclic) bond motifs is 1.